The summed E-state index contributed by atoms with van der Waals surface area (Å²) in [7, 11) is 0. The number of nitrogens with one attached hydrogen (secondary N) is 2. The van der Waals surface area contributed by atoms with Gasteiger partial charge >= 0.3 is 18.0 Å². The topological polar surface area (TPSA) is 105 Å². The van der Waals surface area contributed by atoms with Crippen LogP contribution in [0.15, 0.2) is 6.07 Å². The quantitative estimate of drug-likeness (QED) is 0.705. The number of esters is 1. The number of anilines is 1. The molecular formula is C16H22N2O5S. The average Bonchev–Trinajstić information content (AvgIpc) is 2.88. The Hall–Kier alpha value is -2.09. The monoisotopic (exact) mass is 354 g/mol. The summed E-state index contributed by atoms with van der Waals surface area (Å²) in [5.74, 6) is -1.46. The molecule has 0 atom stereocenters. The van der Waals surface area contributed by atoms with Crippen molar-refractivity contribution in [3.8, 4) is 0 Å². The second-order valence-corrected chi connectivity index (χ2v) is 6.88. The normalized spacial score (nSPS) is 20.2. The molecule has 1 fully saturated rings. The molecule has 0 spiro atoms. The average molecular weight is 354 g/mol. The number of urea groups is 1. The smallest absolute Gasteiger partial charge is 0.348 e. The molecule has 3 N–H and O–H groups in total. The molecule has 1 heterocycles. The van der Waals surface area contributed by atoms with Crippen molar-refractivity contribution in [1.82, 2.24) is 5.32 Å². The number of ether oxygens (including phenoxy) is 1. The van der Waals surface area contributed by atoms with Gasteiger partial charge in [0.15, 0.2) is 0 Å². The van der Waals surface area contributed by atoms with E-state index in [1.54, 1.807) is 19.9 Å². The summed E-state index contributed by atoms with van der Waals surface area (Å²) in [4.78, 5) is 35.2. The predicted octanol–water partition coefficient (Wildman–Crippen LogP) is 3.00. The van der Waals surface area contributed by atoms with Crippen LogP contribution in [0, 0.1) is 12.8 Å². The van der Waals surface area contributed by atoms with Crippen LogP contribution < -0.4 is 10.6 Å². The molecule has 0 aliphatic heterocycles. The number of carboxylic acids is 1. The van der Waals surface area contributed by atoms with Gasteiger partial charge < -0.3 is 15.2 Å². The van der Waals surface area contributed by atoms with E-state index in [0.717, 1.165) is 5.56 Å². The van der Waals surface area contributed by atoms with Crippen LogP contribution in [0.3, 0.4) is 0 Å². The second kappa shape index (κ2) is 8.14. The summed E-state index contributed by atoms with van der Waals surface area (Å²) in [6.07, 6.45) is 2.46. The van der Waals surface area contributed by atoms with Gasteiger partial charge in [0.25, 0.3) is 0 Å². The van der Waals surface area contributed by atoms with Gasteiger partial charge in [-0.2, -0.15) is 0 Å². The summed E-state index contributed by atoms with van der Waals surface area (Å²) in [5, 5.41) is 15.1. The number of amides is 2. The molecule has 1 aliphatic rings. The van der Waals surface area contributed by atoms with Crippen LogP contribution in [0.4, 0.5) is 9.80 Å². The highest BCUT2D eigenvalue weighted by atomic mass is 32.1. The van der Waals surface area contributed by atoms with Crippen LogP contribution in [-0.4, -0.2) is 35.7 Å². The Labute approximate surface area is 144 Å². The van der Waals surface area contributed by atoms with Gasteiger partial charge in [0.1, 0.15) is 4.88 Å². The molecule has 0 aromatic carbocycles. The molecule has 0 unspecified atom stereocenters. The van der Waals surface area contributed by atoms with E-state index in [2.05, 4.69) is 10.6 Å². The van der Waals surface area contributed by atoms with Gasteiger partial charge in [0.05, 0.1) is 17.5 Å². The maximum absolute atomic E-state index is 12.1. The molecule has 0 radical (unpaired) electrons. The lowest BCUT2D eigenvalue weighted by Crippen LogP contribution is -2.40. The van der Waals surface area contributed by atoms with Gasteiger partial charge in [-0.05, 0) is 51.2 Å². The van der Waals surface area contributed by atoms with Gasteiger partial charge in [-0.3, -0.25) is 10.1 Å². The van der Waals surface area contributed by atoms with Crippen molar-refractivity contribution in [2.45, 2.75) is 45.6 Å². The maximum atomic E-state index is 12.1. The molecule has 1 saturated carbocycles. The minimum atomic E-state index is -0.765. The predicted molar refractivity (Wildman–Crippen MR) is 90.5 cm³/mol. The largest absolute Gasteiger partial charge is 0.481 e. The standard InChI is InChI=1S/C16H22N2O5S/c1-3-23-15(21)13-9(2)8-12(24-13)18-16(22)17-11-6-4-10(5-7-11)14(19)20/h8,10-11H,3-7H2,1-2H3,(H,19,20)(H2,17,18,22). The van der Waals surface area contributed by atoms with Crippen LogP contribution in [-0.2, 0) is 9.53 Å². The number of thiophene rings is 1. The summed E-state index contributed by atoms with van der Waals surface area (Å²) >= 11 is 1.18. The Morgan fingerprint density at radius 1 is 1.29 bits per heavy atom. The third kappa shape index (κ3) is 4.70. The minimum absolute atomic E-state index is 0.0220. The summed E-state index contributed by atoms with van der Waals surface area (Å²) in [6.45, 7) is 3.84. The first-order valence-electron chi connectivity index (χ1n) is 7.98. The van der Waals surface area contributed by atoms with E-state index >= 15 is 0 Å². The van der Waals surface area contributed by atoms with E-state index in [1.807, 2.05) is 0 Å². The second-order valence-electron chi connectivity index (χ2n) is 5.83. The zero-order valence-corrected chi connectivity index (χ0v) is 14.6. The highest BCUT2D eigenvalue weighted by Crippen LogP contribution is 2.28. The van der Waals surface area contributed by atoms with Crippen LogP contribution in [0.25, 0.3) is 0 Å². The molecule has 7 nitrogen and oxygen atoms in total. The van der Waals surface area contributed by atoms with Crippen molar-refractivity contribution in [3.63, 3.8) is 0 Å². The van der Waals surface area contributed by atoms with Gasteiger partial charge in [-0.15, -0.1) is 11.3 Å². The summed E-state index contributed by atoms with van der Waals surface area (Å²) in [6, 6.07) is 1.37. The van der Waals surface area contributed by atoms with Crippen LogP contribution >= 0.6 is 11.3 Å². The highest BCUT2D eigenvalue weighted by molar-refractivity contribution is 7.18. The van der Waals surface area contributed by atoms with Crippen molar-refractivity contribution in [2.75, 3.05) is 11.9 Å². The zero-order chi connectivity index (χ0) is 17.7. The molecule has 2 amide bonds. The zero-order valence-electron chi connectivity index (χ0n) is 13.8. The number of hydrogen-bond acceptors (Lipinski definition) is 5. The number of carbonyl (C=O) groups is 3. The van der Waals surface area contributed by atoms with Crippen molar-refractivity contribution in [2.24, 2.45) is 5.92 Å². The van der Waals surface area contributed by atoms with Gasteiger partial charge in [0, 0.05) is 6.04 Å². The van der Waals surface area contributed by atoms with E-state index in [1.165, 1.54) is 11.3 Å². The van der Waals surface area contributed by atoms with Crippen molar-refractivity contribution in [1.29, 1.82) is 0 Å². The number of hydrogen-bond donors (Lipinski definition) is 3. The third-order valence-corrected chi connectivity index (χ3v) is 5.16. The fourth-order valence-electron chi connectivity index (χ4n) is 2.76. The maximum Gasteiger partial charge on any atom is 0.348 e. The van der Waals surface area contributed by atoms with E-state index in [4.69, 9.17) is 9.84 Å². The molecule has 2 rings (SSSR count). The molecule has 132 valence electrons. The van der Waals surface area contributed by atoms with E-state index in [9.17, 15) is 14.4 Å². The first-order valence-corrected chi connectivity index (χ1v) is 8.80. The van der Waals surface area contributed by atoms with Gasteiger partial charge in [0.2, 0.25) is 0 Å². The molecule has 0 bridgehead atoms. The van der Waals surface area contributed by atoms with Crippen molar-refractivity contribution < 1.29 is 24.2 Å². The summed E-state index contributed by atoms with van der Waals surface area (Å²) < 4.78 is 4.97. The number of carbonyl (C=O) groups excluding carboxylic acids is 2. The van der Waals surface area contributed by atoms with E-state index in [0.29, 0.717) is 42.2 Å². The van der Waals surface area contributed by atoms with Crippen LogP contribution in [0.1, 0.15) is 47.8 Å². The highest BCUT2D eigenvalue weighted by Gasteiger charge is 2.26. The Morgan fingerprint density at radius 2 is 1.96 bits per heavy atom. The molecule has 1 aromatic rings. The minimum Gasteiger partial charge on any atom is -0.481 e. The van der Waals surface area contributed by atoms with Crippen molar-refractivity contribution in [3.05, 3.63) is 16.5 Å². The fraction of sp³-hybridized carbons (Fsp3) is 0.562. The number of rotatable bonds is 5. The number of carboxylic acid groups (broad SMARTS) is 1. The number of aliphatic carboxylic acids is 1. The lowest BCUT2D eigenvalue weighted by molar-refractivity contribution is -0.142. The van der Waals surface area contributed by atoms with E-state index in [-0.39, 0.29) is 24.0 Å². The Balaban J connectivity index is 1.86. The molecule has 24 heavy (non-hydrogen) atoms. The molecule has 1 aliphatic carbocycles. The van der Waals surface area contributed by atoms with E-state index < -0.39 is 5.97 Å². The fourth-order valence-corrected chi connectivity index (χ4v) is 3.72. The first kappa shape index (κ1) is 18.3. The first-order chi connectivity index (χ1) is 11.4. The van der Waals surface area contributed by atoms with Crippen LogP contribution in [0.2, 0.25) is 0 Å². The lowest BCUT2D eigenvalue weighted by atomic mass is 9.86. The molecule has 1 aromatic heterocycles. The third-order valence-electron chi connectivity index (χ3n) is 4.03. The Morgan fingerprint density at radius 3 is 2.54 bits per heavy atom. The summed E-state index contributed by atoms with van der Waals surface area (Å²) in [5.41, 5.74) is 0.760. The number of aryl methyl sites for hydroxylation is 1. The van der Waals surface area contributed by atoms with Crippen LogP contribution in [0.5, 0.6) is 0 Å². The molecule has 0 saturated heterocycles. The lowest BCUT2D eigenvalue weighted by Gasteiger charge is -2.26. The van der Waals surface area contributed by atoms with Gasteiger partial charge in [-0.1, -0.05) is 0 Å². The molecular weight excluding hydrogens is 332 g/mol. The Bertz CT molecular complexity index is 620. The SMILES string of the molecule is CCOC(=O)c1sc(NC(=O)NC2CCC(C(=O)O)CC2)cc1C. The Kier molecular flexibility index (Phi) is 6.19. The van der Waals surface area contributed by atoms with Crippen molar-refractivity contribution >= 4 is 34.3 Å². The molecule has 8 heteroatoms. The van der Waals surface area contributed by atoms with Gasteiger partial charge in [-0.25, -0.2) is 9.59 Å².